The number of aryl methyl sites for hydroxylation is 10. The van der Waals surface area contributed by atoms with Gasteiger partial charge in [0.2, 0.25) is 15.7 Å². The van der Waals surface area contributed by atoms with E-state index >= 15 is 0 Å². The summed E-state index contributed by atoms with van der Waals surface area (Å²) >= 11 is 0. The van der Waals surface area contributed by atoms with Gasteiger partial charge >= 0.3 is 23.9 Å². The molecule has 21 heteroatoms. The standard InChI is InChI=1S/C20H21NO3.C20H19NO3.C18H15NO5S.C17H15N3O3/c2*1-12-9-14-7-8-15(11-16(14)10-13(12)2)19(22)21-18-6-4-3-5-17(18)20(23)24;1-10-7-12-9-16(25(23,24)15(12)8-11(10)2)17(20)19-14-6-4-3-5-13(14)18(21)22;1-9-7-13-14(8-10(9)2)19-15(18-13)16(21)20-12-6-4-3-5-11(12)17(22)23/h3-6,9-10,15H,7-8,11H2,1-2H3,(H,21,22)(H,23,24);3-6,9-11H,7-8H2,1-2H3,(H,21,22)(H,23,24);3-9H,1-2H3,(H,19,20)(H,21,22);3-8H,1-2H3,(H,18,19)(H,20,21)(H,22,23). The number of fused-ring (bicyclic) bond motifs is 4. The van der Waals surface area contributed by atoms with Gasteiger partial charge in [0, 0.05) is 11.5 Å². The Balaban J connectivity index is 0.000000150. The minimum atomic E-state index is -3.94. The molecule has 1 aromatic heterocycles. The van der Waals surface area contributed by atoms with Gasteiger partial charge in [-0.15, -0.1) is 0 Å². The summed E-state index contributed by atoms with van der Waals surface area (Å²) in [6.45, 7) is 16.0. The fourth-order valence-electron chi connectivity index (χ4n) is 11.2. The molecule has 12 rings (SSSR count). The number of benzene rings is 8. The lowest BCUT2D eigenvalue weighted by molar-refractivity contribution is -0.120. The predicted molar refractivity (Wildman–Crippen MR) is 368 cm³/mol. The number of carbonyl (C=O) groups is 8. The number of amides is 4. The van der Waals surface area contributed by atoms with Crippen LogP contribution in [0, 0.1) is 61.3 Å². The third-order valence-electron chi connectivity index (χ3n) is 17.1. The summed E-state index contributed by atoms with van der Waals surface area (Å²) in [4.78, 5) is 102. The lowest BCUT2D eigenvalue weighted by Crippen LogP contribution is -2.29. The van der Waals surface area contributed by atoms with Crippen LogP contribution in [0.4, 0.5) is 22.7 Å². The number of hydrogen-bond acceptors (Lipinski definition) is 11. The van der Waals surface area contributed by atoms with E-state index in [2.05, 4.69) is 83.2 Å². The topological polar surface area (TPSA) is 328 Å². The highest BCUT2D eigenvalue weighted by atomic mass is 32.2. The van der Waals surface area contributed by atoms with Crippen molar-refractivity contribution in [3.63, 3.8) is 0 Å². The number of H-pyrrole nitrogens is 1. The van der Waals surface area contributed by atoms with E-state index in [1.165, 1.54) is 87.5 Å². The lowest BCUT2D eigenvalue weighted by atomic mass is 9.82. The highest BCUT2D eigenvalue weighted by Gasteiger charge is 2.35. The number of anilines is 4. The molecule has 3 aliphatic rings. The van der Waals surface area contributed by atoms with E-state index in [1.54, 1.807) is 73.7 Å². The van der Waals surface area contributed by atoms with Crippen LogP contribution < -0.4 is 21.3 Å². The molecule has 0 fully saturated rings. The Morgan fingerprint density at radius 1 is 0.438 bits per heavy atom. The van der Waals surface area contributed by atoms with Crippen molar-refractivity contribution in [1.29, 1.82) is 0 Å². The second kappa shape index (κ2) is 29.2. The number of hydrogen-bond donors (Lipinski definition) is 9. The molecule has 1 unspecified atom stereocenters. The van der Waals surface area contributed by atoms with Gasteiger partial charge in [0.1, 0.15) is 4.91 Å². The largest absolute Gasteiger partial charge is 0.478 e. The molecule has 9 N–H and O–H groups in total. The van der Waals surface area contributed by atoms with E-state index in [1.807, 2.05) is 39.0 Å². The zero-order valence-electron chi connectivity index (χ0n) is 53.9. The molecule has 1 aliphatic heterocycles. The molecule has 20 nitrogen and oxygen atoms in total. The van der Waals surface area contributed by atoms with Crippen molar-refractivity contribution < 1.29 is 67.2 Å². The summed E-state index contributed by atoms with van der Waals surface area (Å²) < 4.78 is 25.3. The molecule has 8 aromatic carbocycles. The van der Waals surface area contributed by atoms with Crippen molar-refractivity contribution in [2.24, 2.45) is 5.92 Å². The molecule has 96 heavy (non-hydrogen) atoms. The minimum absolute atomic E-state index is 0.0312. The number of carbonyl (C=O) groups excluding carboxylic acids is 4. The van der Waals surface area contributed by atoms with Gasteiger partial charge in [-0.05, 0) is 239 Å². The number of nitrogens with zero attached hydrogens (tertiary/aromatic N) is 1. The maximum absolute atomic E-state index is 12.7. The van der Waals surface area contributed by atoms with Crippen molar-refractivity contribution in [2.75, 3.05) is 21.3 Å². The lowest BCUT2D eigenvalue weighted by Gasteiger charge is -2.25. The minimum Gasteiger partial charge on any atom is -0.478 e. The molecule has 9 aromatic rings. The molecule has 0 bridgehead atoms. The van der Waals surface area contributed by atoms with Gasteiger partial charge in [-0.25, -0.2) is 32.6 Å². The molecule has 2 heterocycles. The zero-order chi connectivity index (χ0) is 69.4. The maximum atomic E-state index is 12.7. The van der Waals surface area contributed by atoms with E-state index in [0.29, 0.717) is 40.9 Å². The molecular weight excluding hydrogens is 1240 g/mol. The Labute approximate surface area is 553 Å². The average Bonchev–Trinajstić information content (AvgIpc) is 1.60. The number of imidazole rings is 1. The summed E-state index contributed by atoms with van der Waals surface area (Å²) in [6.07, 6.45) is 7.07. The normalized spacial score (nSPS) is 13.7. The van der Waals surface area contributed by atoms with Gasteiger partial charge in [0.25, 0.3) is 17.7 Å². The quantitative estimate of drug-likeness (QED) is 0.0549. The smallest absolute Gasteiger partial charge is 0.337 e. The van der Waals surface area contributed by atoms with E-state index in [0.717, 1.165) is 52.6 Å². The summed E-state index contributed by atoms with van der Waals surface area (Å²) in [7, 11) is -3.94. The van der Waals surface area contributed by atoms with E-state index in [9.17, 15) is 57.0 Å². The second-order valence-corrected chi connectivity index (χ2v) is 25.6. The fourth-order valence-corrected chi connectivity index (χ4v) is 12.8. The number of nitrogens with one attached hydrogen (secondary N) is 5. The summed E-state index contributed by atoms with van der Waals surface area (Å²) in [6, 6.07) is 40.8. The van der Waals surface area contributed by atoms with Crippen LogP contribution in [0.15, 0.2) is 161 Å². The van der Waals surface area contributed by atoms with Crippen molar-refractivity contribution >= 4 is 103 Å². The SMILES string of the molecule is Cc1cc2c(cc1C)CC(C(=O)Nc1ccccc1C(=O)O)CC2.Cc1cc2c(cc1C)CCC(C(=O)Nc1ccccc1C(=O)O)=C2.Cc1cc2c(cc1C)S(=O)(=O)C(C(=O)Nc1ccccc1C(=O)O)=C2.Cc1cc2nc(C(=O)Nc3ccccc3C(=O)O)[nH]c2cc1C. The molecule has 2 aliphatic carbocycles. The van der Waals surface area contributed by atoms with Gasteiger partial charge in [-0.1, -0.05) is 78.9 Å². The van der Waals surface area contributed by atoms with Crippen LogP contribution >= 0.6 is 0 Å². The Morgan fingerprint density at radius 3 is 1.38 bits per heavy atom. The number of aromatic nitrogens is 2. The Hall–Kier alpha value is -11.6. The van der Waals surface area contributed by atoms with Gasteiger partial charge in [-0.3, -0.25) is 19.2 Å². The molecule has 0 radical (unpaired) electrons. The molecule has 0 spiro atoms. The Bertz CT molecular complexity index is 4830. The number of carboxylic acid groups (broad SMARTS) is 4. The van der Waals surface area contributed by atoms with Crippen molar-refractivity contribution in [1.82, 2.24) is 9.97 Å². The monoisotopic (exact) mass is 1310 g/mol. The molecule has 1 atom stereocenters. The number of carboxylic acids is 4. The first-order valence-corrected chi connectivity index (χ1v) is 32.1. The van der Waals surface area contributed by atoms with Crippen LogP contribution in [-0.4, -0.2) is 86.3 Å². The van der Waals surface area contributed by atoms with Gasteiger partial charge in [0.15, 0.2) is 5.82 Å². The average molecular weight is 1310 g/mol. The van der Waals surface area contributed by atoms with Crippen LogP contribution in [-0.2, 0) is 43.5 Å². The van der Waals surface area contributed by atoms with Crippen LogP contribution in [0.5, 0.6) is 0 Å². The fraction of sp³-hybridized carbons (Fsp3) is 0.187. The van der Waals surface area contributed by atoms with Crippen molar-refractivity contribution in [3.05, 3.63) is 256 Å². The number of aromatic amines is 1. The maximum Gasteiger partial charge on any atom is 0.337 e. The first-order valence-electron chi connectivity index (χ1n) is 30.6. The molecule has 490 valence electrons. The highest BCUT2D eigenvalue weighted by Crippen LogP contribution is 2.36. The van der Waals surface area contributed by atoms with E-state index in [-0.39, 0.29) is 62.1 Å². The first-order chi connectivity index (χ1) is 45.6. The number of sulfone groups is 1. The summed E-state index contributed by atoms with van der Waals surface area (Å²) in [5.41, 5.74) is 17.5. The van der Waals surface area contributed by atoms with E-state index < -0.39 is 50.4 Å². The van der Waals surface area contributed by atoms with Crippen molar-refractivity contribution in [2.45, 2.75) is 92.4 Å². The molecule has 0 saturated heterocycles. The zero-order valence-corrected chi connectivity index (χ0v) is 54.7. The number of para-hydroxylation sites is 4. The van der Waals surface area contributed by atoms with Gasteiger partial charge in [0.05, 0.1) is 60.9 Å². The first kappa shape index (κ1) is 68.8. The number of rotatable bonds is 12. The van der Waals surface area contributed by atoms with Crippen molar-refractivity contribution in [3.8, 4) is 0 Å². The third-order valence-corrected chi connectivity index (χ3v) is 18.9. The Morgan fingerprint density at radius 2 is 0.854 bits per heavy atom. The van der Waals surface area contributed by atoms with Crippen LogP contribution in [0.2, 0.25) is 0 Å². The van der Waals surface area contributed by atoms with Crippen LogP contribution in [0.25, 0.3) is 23.2 Å². The molecular formula is C75H70N6O14S. The molecule has 4 amide bonds. The predicted octanol–water partition coefficient (Wildman–Crippen LogP) is 13.6. The summed E-state index contributed by atoms with van der Waals surface area (Å²) in [5.74, 6) is -6.08. The van der Waals surface area contributed by atoms with Gasteiger partial charge in [-0.2, -0.15) is 0 Å². The highest BCUT2D eigenvalue weighted by molar-refractivity contribution is 7.96. The third kappa shape index (κ3) is 15.7. The van der Waals surface area contributed by atoms with Crippen LogP contribution in [0.3, 0.4) is 0 Å². The molecule has 0 saturated carbocycles. The van der Waals surface area contributed by atoms with E-state index in [4.69, 9.17) is 10.2 Å². The van der Waals surface area contributed by atoms with Crippen LogP contribution in [0.1, 0.15) is 137 Å². The Kier molecular flexibility index (Phi) is 20.9. The second-order valence-electron chi connectivity index (χ2n) is 23.7. The van der Waals surface area contributed by atoms with Gasteiger partial charge < -0.3 is 46.7 Å². The summed E-state index contributed by atoms with van der Waals surface area (Å²) in [5, 5.41) is 47.2. The number of aromatic carboxylic acids is 4.